The highest BCUT2D eigenvalue weighted by Gasteiger charge is 2.29. The van der Waals surface area contributed by atoms with Gasteiger partial charge in [-0.05, 0) is 36.4 Å². The lowest BCUT2D eigenvalue weighted by Gasteiger charge is -2.12. The predicted octanol–water partition coefficient (Wildman–Crippen LogP) is 3.30. The third-order valence-electron chi connectivity index (χ3n) is 3.78. The summed E-state index contributed by atoms with van der Waals surface area (Å²) in [5, 5.41) is 15.7. The SMILES string of the molecule is N#Cc1cc(NC(=O)c2ccc(=O)n(-c3ccccc3)n2)ccc1OCC(F)(F)F. The molecule has 0 aliphatic heterocycles. The molecule has 0 saturated carbocycles. The van der Waals surface area contributed by atoms with Crippen LogP contribution in [0.15, 0.2) is 65.5 Å². The Bertz CT molecular complexity index is 1170. The van der Waals surface area contributed by atoms with Gasteiger partial charge in [-0.25, -0.2) is 0 Å². The first kappa shape index (κ1) is 20.6. The largest absolute Gasteiger partial charge is 0.483 e. The molecule has 0 atom stereocenters. The number of ether oxygens (including phenoxy) is 1. The normalized spacial score (nSPS) is 10.9. The lowest BCUT2D eigenvalue weighted by molar-refractivity contribution is -0.153. The minimum absolute atomic E-state index is 0.0747. The molecule has 10 heteroatoms. The number of nitriles is 1. The quantitative estimate of drug-likeness (QED) is 0.691. The third kappa shape index (κ3) is 5.02. The van der Waals surface area contributed by atoms with Crippen LogP contribution >= 0.6 is 0 Å². The van der Waals surface area contributed by atoms with Gasteiger partial charge in [-0.3, -0.25) is 9.59 Å². The van der Waals surface area contributed by atoms with Gasteiger partial charge in [0.25, 0.3) is 11.5 Å². The van der Waals surface area contributed by atoms with Gasteiger partial charge in [0, 0.05) is 11.8 Å². The maximum atomic E-state index is 12.5. The van der Waals surface area contributed by atoms with E-state index >= 15 is 0 Å². The zero-order valence-electron chi connectivity index (χ0n) is 15.2. The molecule has 3 aromatic rings. The van der Waals surface area contributed by atoms with Gasteiger partial charge in [0.05, 0.1) is 11.3 Å². The average Bonchev–Trinajstić information content (AvgIpc) is 2.73. The van der Waals surface area contributed by atoms with Crippen molar-refractivity contribution in [2.24, 2.45) is 0 Å². The van der Waals surface area contributed by atoms with E-state index in [4.69, 9.17) is 5.26 Å². The van der Waals surface area contributed by atoms with E-state index in [0.717, 1.165) is 10.7 Å². The van der Waals surface area contributed by atoms with Gasteiger partial charge in [0.15, 0.2) is 6.61 Å². The van der Waals surface area contributed by atoms with Gasteiger partial charge >= 0.3 is 6.18 Å². The summed E-state index contributed by atoms with van der Waals surface area (Å²) < 4.78 is 42.6. The Hall–Kier alpha value is -4.13. The summed E-state index contributed by atoms with van der Waals surface area (Å²) in [6.07, 6.45) is -4.55. The van der Waals surface area contributed by atoms with Gasteiger partial charge in [-0.1, -0.05) is 18.2 Å². The Labute approximate surface area is 167 Å². The monoisotopic (exact) mass is 414 g/mol. The topological polar surface area (TPSA) is 97.0 Å². The molecule has 0 spiro atoms. The van der Waals surface area contributed by atoms with Gasteiger partial charge < -0.3 is 10.1 Å². The molecular weight excluding hydrogens is 401 g/mol. The van der Waals surface area contributed by atoms with Crippen LogP contribution in [0.1, 0.15) is 16.1 Å². The van der Waals surface area contributed by atoms with Crippen molar-refractivity contribution in [2.75, 3.05) is 11.9 Å². The molecule has 0 unspecified atom stereocenters. The van der Waals surface area contributed by atoms with Crippen LogP contribution in [-0.4, -0.2) is 28.5 Å². The van der Waals surface area contributed by atoms with E-state index in [1.807, 2.05) is 0 Å². The fourth-order valence-corrected chi connectivity index (χ4v) is 2.46. The van der Waals surface area contributed by atoms with Gasteiger partial charge in [-0.2, -0.15) is 28.2 Å². The second kappa shape index (κ2) is 8.48. The number of nitrogens with zero attached hydrogens (tertiary/aromatic N) is 3. The zero-order chi connectivity index (χ0) is 21.7. The number of hydrogen-bond donors (Lipinski definition) is 1. The molecule has 2 aromatic carbocycles. The Balaban J connectivity index is 1.81. The second-order valence-electron chi connectivity index (χ2n) is 5.98. The van der Waals surface area contributed by atoms with Gasteiger partial charge in [0.1, 0.15) is 17.5 Å². The number of carbonyl (C=O) groups excluding carboxylic acids is 1. The van der Waals surface area contributed by atoms with Gasteiger partial charge in [0.2, 0.25) is 0 Å². The molecule has 0 saturated heterocycles. The van der Waals surface area contributed by atoms with Crippen LogP contribution in [0.3, 0.4) is 0 Å². The molecular formula is C20H13F3N4O3. The number of hydrogen-bond acceptors (Lipinski definition) is 5. The highest BCUT2D eigenvalue weighted by atomic mass is 19.4. The highest BCUT2D eigenvalue weighted by Crippen LogP contribution is 2.25. The van der Waals surface area contributed by atoms with Crippen LogP contribution in [0.25, 0.3) is 5.69 Å². The first-order valence-corrected chi connectivity index (χ1v) is 8.48. The van der Waals surface area contributed by atoms with Crippen molar-refractivity contribution in [3.63, 3.8) is 0 Å². The first-order valence-electron chi connectivity index (χ1n) is 8.48. The van der Waals surface area contributed by atoms with E-state index < -0.39 is 24.2 Å². The van der Waals surface area contributed by atoms with Crippen molar-refractivity contribution in [3.05, 3.63) is 82.3 Å². The number of halogens is 3. The fourth-order valence-electron chi connectivity index (χ4n) is 2.46. The minimum Gasteiger partial charge on any atom is -0.483 e. The lowest BCUT2D eigenvalue weighted by Crippen LogP contribution is -2.24. The van der Waals surface area contributed by atoms with Crippen LogP contribution in [0, 0.1) is 11.3 Å². The molecule has 7 nitrogen and oxygen atoms in total. The molecule has 152 valence electrons. The van der Waals surface area contributed by atoms with Crippen LogP contribution in [0.5, 0.6) is 5.75 Å². The predicted molar refractivity (Wildman–Crippen MR) is 100 cm³/mol. The van der Waals surface area contributed by atoms with Gasteiger partial charge in [-0.15, -0.1) is 0 Å². The number of para-hydroxylation sites is 1. The Morgan fingerprint density at radius 2 is 1.87 bits per heavy atom. The summed E-state index contributed by atoms with van der Waals surface area (Å²) in [6.45, 7) is -1.54. The molecule has 0 aliphatic rings. The van der Waals surface area contributed by atoms with E-state index in [1.54, 1.807) is 36.4 Å². The number of alkyl halides is 3. The van der Waals surface area contributed by atoms with Crippen molar-refractivity contribution >= 4 is 11.6 Å². The van der Waals surface area contributed by atoms with E-state index in [9.17, 15) is 22.8 Å². The van der Waals surface area contributed by atoms with Crippen molar-refractivity contribution in [3.8, 4) is 17.5 Å². The number of benzene rings is 2. The molecule has 0 fully saturated rings. The maximum absolute atomic E-state index is 12.5. The number of amides is 1. The van der Waals surface area contributed by atoms with Crippen molar-refractivity contribution < 1.29 is 22.7 Å². The molecule has 0 radical (unpaired) electrons. The molecule has 30 heavy (non-hydrogen) atoms. The number of rotatable bonds is 5. The van der Waals surface area contributed by atoms with Crippen molar-refractivity contribution in [1.82, 2.24) is 9.78 Å². The van der Waals surface area contributed by atoms with Crippen LogP contribution in [0.4, 0.5) is 18.9 Å². The maximum Gasteiger partial charge on any atom is 0.422 e. The molecule has 3 rings (SSSR count). The van der Waals surface area contributed by atoms with Crippen LogP contribution in [-0.2, 0) is 0 Å². The van der Waals surface area contributed by atoms with E-state index in [-0.39, 0.29) is 22.7 Å². The molecule has 1 heterocycles. The molecule has 0 aliphatic carbocycles. The standard InChI is InChI=1S/C20H13F3N4O3/c21-20(22,23)12-30-17-8-6-14(10-13(17)11-24)25-19(29)16-7-9-18(28)27(26-16)15-4-2-1-3-5-15/h1-10H,12H2,(H,25,29). The summed E-state index contributed by atoms with van der Waals surface area (Å²) in [7, 11) is 0. The lowest BCUT2D eigenvalue weighted by atomic mass is 10.2. The van der Waals surface area contributed by atoms with Crippen molar-refractivity contribution in [2.45, 2.75) is 6.18 Å². The average molecular weight is 414 g/mol. The summed E-state index contributed by atoms with van der Waals surface area (Å²) >= 11 is 0. The Morgan fingerprint density at radius 3 is 2.53 bits per heavy atom. The first-order chi connectivity index (χ1) is 14.3. The molecule has 1 N–H and O–H groups in total. The molecule has 0 bridgehead atoms. The number of nitrogens with one attached hydrogen (secondary N) is 1. The number of carbonyl (C=O) groups is 1. The summed E-state index contributed by atoms with van der Waals surface area (Å²) in [6, 6.07) is 16.2. The Morgan fingerprint density at radius 1 is 1.13 bits per heavy atom. The van der Waals surface area contributed by atoms with E-state index in [1.165, 1.54) is 24.3 Å². The number of anilines is 1. The van der Waals surface area contributed by atoms with E-state index in [0.29, 0.717) is 5.69 Å². The van der Waals surface area contributed by atoms with E-state index in [2.05, 4.69) is 15.2 Å². The molecule has 1 amide bonds. The minimum atomic E-state index is -4.55. The third-order valence-corrected chi connectivity index (χ3v) is 3.78. The van der Waals surface area contributed by atoms with Crippen LogP contribution in [0.2, 0.25) is 0 Å². The Kier molecular flexibility index (Phi) is 5.83. The van der Waals surface area contributed by atoms with Crippen molar-refractivity contribution in [1.29, 1.82) is 5.26 Å². The smallest absolute Gasteiger partial charge is 0.422 e. The summed E-state index contributed by atoms with van der Waals surface area (Å²) in [5.74, 6) is -0.934. The number of aromatic nitrogens is 2. The zero-order valence-corrected chi connectivity index (χ0v) is 15.2. The fraction of sp³-hybridized carbons (Fsp3) is 0.100. The molecule has 1 aromatic heterocycles. The second-order valence-corrected chi connectivity index (χ2v) is 5.98. The van der Waals surface area contributed by atoms with Crippen LogP contribution < -0.4 is 15.6 Å². The summed E-state index contributed by atoms with van der Waals surface area (Å²) in [4.78, 5) is 24.5. The highest BCUT2D eigenvalue weighted by molar-refractivity contribution is 6.02. The summed E-state index contributed by atoms with van der Waals surface area (Å²) in [5.41, 5.74) is -0.0745.